The van der Waals surface area contributed by atoms with Gasteiger partial charge in [0.1, 0.15) is 11.5 Å². The quantitative estimate of drug-likeness (QED) is 0.772. The van der Waals surface area contributed by atoms with Gasteiger partial charge in [0.05, 0.1) is 13.2 Å². The number of hydrogen-bond donors (Lipinski definition) is 1. The number of nitrogens with zero attached hydrogens (tertiary/aromatic N) is 1. The van der Waals surface area contributed by atoms with Gasteiger partial charge >= 0.3 is 0 Å². The van der Waals surface area contributed by atoms with Crippen LogP contribution >= 0.6 is 11.8 Å². The zero-order valence-corrected chi connectivity index (χ0v) is 16.8. The molecule has 144 valence electrons. The van der Waals surface area contributed by atoms with E-state index in [4.69, 9.17) is 9.47 Å². The number of para-hydroxylation sites is 1. The van der Waals surface area contributed by atoms with Crippen molar-refractivity contribution < 1.29 is 14.3 Å². The fourth-order valence-electron chi connectivity index (χ4n) is 3.33. The highest BCUT2D eigenvalue weighted by Gasteiger charge is 2.32. The largest absolute Gasteiger partial charge is 0.496 e. The molecule has 0 aliphatic carbocycles. The summed E-state index contributed by atoms with van der Waals surface area (Å²) in [5.74, 6) is 1.49. The van der Waals surface area contributed by atoms with Crippen LogP contribution < -0.4 is 14.8 Å². The molecule has 1 amide bonds. The Hall–Kier alpha value is -2.18. The monoisotopic (exact) mass is 386 g/mol. The molecular formula is C21H26N2O3S. The molecule has 1 N–H and O–H groups in total. The molecule has 1 heterocycles. The van der Waals surface area contributed by atoms with Crippen molar-refractivity contribution in [3.63, 3.8) is 0 Å². The highest BCUT2D eigenvalue weighted by molar-refractivity contribution is 7.98. The number of carbonyl (C=O) groups excluding carboxylic acids is 1. The number of carbonyl (C=O) groups is 1. The van der Waals surface area contributed by atoms with Gasteiger partial charge in [-0.3, -0.25) is 4.79 Å². The third-order valence-corrected chi connectivity index (χ3v) is 5.49. The van der Waals surface area contributed by atoms with Gasteiger partial charge in [0.25, 0.3) is 5.91 Å². The van der Waals surface area contributed by atoms with Crippen LogP contribution in [0.5, 0.6) is 11.5 Å². The van der Waals surface area contributed by atoms with Crippen LogP contribution in [0, 0.1) is 0 Å². The molecule has 3 rings (SSSR count). The van der Waals surface area contributed by atoms with E-state index < -0.39 is 6.10 Å². The Bertz CT molecular complexity index is 766. The van der Waals surface area contributed by atoms with E-state index in [9.17, 15) is 4.79 Å². The fourth-order valence-corrected chi connectivity index (χ4v) is 3.74. The van der Waals surface area contributed by atoms with Gasteiger partial charge in [0.2, 0.25) is 0 Å². The molecule has 0 spiro atoms. The Morgan fingerprint density at radius 2 is 1.96 bits per heavy atom. The molecule has 2 aromatic rings. The number of piperazine rings is 1. The first-order chi connectivity index (χ1) is 13.1. The normalized spacial score (nSPS) is 18.0. The van der Waals surface area contributed by atoms with E-state index in [1.165, 1.54) is 4.90 Å². The van der Waals surface area contributed by atoms with Crippen LogP contribution in [0.3, 0.4) is 0 Å². The van der Waals surface area contributed by atoms with Crippen LogP contribution in [-0.4, -0.2) is 49.9 Å². The second-order valence-electron chi connectivity index (χ2n) is 6.43. The Morgan fingerprint density at radius 1 is 1.22 bits per heavy atom. The molecule has 2 atom stereocenters. The lowest BCUT2D eigenvalue weighted by atomic mass is 10.0. The second kappa shape index (κ2) is 9.15. The predicted octanol–water partition coefficient (Wildman–Crippen LogP) is 3.36. The second-order valence-corrected chi connectivity index (χ2v) is 7.31. The van der Waals surface area contributed by atoms with Crippen LogP contribution in [0.1, 0.15) is 18.5 Å². The number of rotatable bonds is 6. The average molecular weight is 387 g/mol. The summed E-state index contributed by atoms with van der Waals surface area (Å²) in [6.07, 6.45) is 1.48. The lowest BCUT2D eigenvalue weighted by Gasteiger charge is -2.38. The van der Waals surface area contributed by atoms with Gasteiger partial charge in [-0.2, -0.15) is 0 Å². The smallest absolute Gasteiger partial charge is 0.263 e. The first-order valence-corrected chi connectivity index (χ1v) is 10.3. The van der Waals surface area contributed by atoms with Crippen molar-refractivity contribution in [2.75, 3.05) is 33.0 Å². The summed E-state index contributed by atoms with van der Waals surface area (Å²) in [6.45, 7) is 3.92. The summed E-state index contributed by atoms with van der Waals surface area (Å²) in [5.41, 5.74) is 1.01. The Labute approximate surface area is 165 Å². The molecule has 5 nitrogen and oxygen atoms in total. The molecule has 1 aliphatic heterocycles. The molecule has 0 aromatic heterocycles. The Morgan fingerprint density at radius 3 is 2.67 bits per heavy atom. The van der Waals surface area contributed by atoms with Gasteiger partial charge in [-0.1, -0.05) is 18.2 Å². The fraction of sp³-hybridized carbons (Fsp3) is 0.381. The maximum atomic E-state index is 13.1. The predicted molar refractivity (Wildman–Crippen MR) is 109 cm³/mol. The zero-order chi connectivity index (χ0) is 19.2. The number of ether oxygens (including phenoxy) is 2. The van der Waals surface area contributed by atoms with Crippen molar-refractivity contribution in [2.45, 2.75) is 24.0 Å². The zero-order valence-electron chi connectivity index (χ0n) is 16.0. The molecule has 1 aliphatic rings. The molecule has 2 unspecified atom stereocenters. The molecule has 2 aromatic carbocycles. The van der Waals surface area contributed by atoms with Crippen LogP contribution in [0.4, 0.5) is 0 Å². The van der Waals surface area contributed by atoms with E-state index in [1.807, 2.05) is 66.6 Å². The maximum Gasteiger partial charge on any atom is 0.263 e. The number of methoxy groups -OCH3 is 1. The minimum atomic E-state index is -0.555. The minimum Gasteiger partial charge on any atom is -0.496 e. The number of benzene rings is 2. The molecule has 0 saturated carbocycles. The third-order valence-electron chi connectivity index (χ3n) is 4.74. The summed E-state index contributed by atoms with van der Waals surface area (Å²) in [5, 5.41) is 3.38. The van der Waals surface area contributed by atoms with Crippen LogP contribution in [-0.2, 0) is 4.79 Å². The van der Waals surface area contributed by atoms with Gasteiger partial charge in [-0.25, -0.2) is 0 Å². The highest BCUT2D eigenvalue weighted by atomic mass is 32.2. The van der Waals surface area contributed by atoms with Crippen LogP contribution in [0.15, 0.2) is 53.4 Å². The van der Waals surface area contributed by atoms with E-state index in [0.717, 1.165) is 17.9 Å². The van der Waals surface area contributed by atoms with E-state index in [0.29, 0.717) is 18.8 Å². The molecule has 0 radical (unpaired) electrons. The molecule has 6 heteroatoms. The Balaban J connectivity index is 1.75. The average Bonchev–Trinajstić information content (AvgIpc) is 2.73. The first kappa shape index (κ1) is 19.6. The highest BCUT2D eigenvalue weighted by Crippen LogP contribution is 2.31. The van der Waals surface area contributed by atoms with Crippen molar-refractivity contribution in [1.82, 2.24) is 10.2 Å². The summed E-state index contributed by atoms with van der Waals surface area (Å²) >= 11 is 1.68. The lowest BCUT2D eigenvalue weighted by Crippen LogP contribution is -2.52. The van der Waals surface area contributed by atoms with E-state index in [-0.39, 0.29) is 11.9 Å². The van der Waals surface area contributed by atoms with Gasteiger partial charge in [-0.05, 0) is 43.5 Å². The van der Waals surface area contributed by atoms with Crippen molar-refractivity contribution in [2.24, 2.45) is 0 Å². The van der Waals surface area contributed by atoms with Crippen LogP contribution in [0.25, 0.3) is 0 Å². The Kier molecular flexibility index (Phi) is 6.63. The van der Waals surface area contributed by atoms with E-state index in [2.05, 4.69) is 5.32 Å². The summed E-state index contributed by atoms with van der Waals surface area (Å²) in [7, 11) is 1.66. The number of hydrogen-bond acceptors (Lipinski definition) is 5. The van der Waals surface area contributed by atoms with Gasteiger partial charge in [0, 0.05) is 30.1 Å². The topological polar surface area (TPSA) is 50.8 Å². The minimum absolute atomic E-state index is 0.0126. The van der Waals surface area contributed by atoms with Gasteiger partial charge < -0.3 is 19.7 Å². The van der Waals surface area contributed by atoms with Crippen molar-refractivity contribution in [3.05, 3.63) is 54.1 Å². The number of amides is 1. The summed E-state index contributed by atoms with van der Waals surface area (Å²) < 4.78 is 11.4. The van der Waals surface area contributed by atoms with Gasteiger partial charge in [0.15, 0.2) is 6.10 Å². The van der Waals surface area contributed by atoms with E-state index >= 15 is 0 Å². The molecular weight excluding hydrogens is 360 g/mol. The van der Waals surface area contributed by atoms with Crippen molar-refractivity contribution >= 4 is 17.7 Å². The number of nitrogens with one attached hydrogen (secondary N) is 1. The number of thioether (sulfide) groups is 1. The van der Waals surface area contributed by atoms with Crippen molar-refractivity contribution in [1.29, 1.82) is 0 Å². The van der Waals surface area contributed by atoms with Gasteiger partial charge in [-0.15, -0.1) is 11.8 Å². The van der Waals surface area contributed by atoms with Crippen molar-refractivity contribution in [3.8, 4) is 11.5 Å². The maximum absolute atomic E-state index is 13.1. The molecule has 1 fully saturated rings. The van der Waals surface area contributed by atoms with Crippen LogP contribution in [0.2, 0.25) is 0 Å². The first-order valence-electron chi connectivity index (χ1n) is 9.09. The standard InChI is InChI=1S/C21H26N2O3S/c1-15(26-16-8-10-17(27-3)11-9-16)21(24)23-13-12-22-14-19(23)18-6-4-5-7-20(18)25-2/h4-11,15,19,22H,12-14H2,1-3H3. The summed E-state index contributed by atoms with van der Waals surface area (Å²) in [4.78, 5) is 16.2. The molecule has 0 bridgehead atoms. The van der Waals surface area contributed by atoms with E-state index in [1.54, 1.807) is 18.9 Å². The lowest BCUT2D eigenvalue weighted by molar-refractivity contribution is -0.141. The molecule has 27 heavy (non-hydrogen) atoms. The third kappa shape index (κ3) is 4.57. The molecule has 1 saturated heterocycles. The summed E-state index contributed by atoms with van der Waals surface area (Å²) in [6, 6.07) is 15.6. The SMILES string of the molecule is COc1ccccc1C1CNCCN1C(=O)C(C)Oc1ccc(SC)cc1.